The molecule has 0 fully saturated rings. The van der Waals surface area contributed by atoms with Crippen molar-refractivity contribution in [2.45, 2.75) is 13.0 Å². The van der Waals surface area contributed by atoms with Crippen molar-refractivity contribution in [1.82, 2.24) is 5.32 Å². The number of carbonyl (C=O) groups excluding carboxylic acids is 1. The van der Waals surface area contributed by atoms with Crippen LogP contribution in [0.15, 0.2) is 66.7 Å². The van der Waals surface area contributed by atoms with Gasteiger partial charge in [-0.25, -0.2) is 0 Å². The summed E-state index contributed by atoms with van der Waals surface area (Å²) in [4.78, 5) is 24.2. The third-order valence-corrected chi connectivity index (χ3v) is 5.39. The average Bonchev–Trinajstić information content (AvgIpc) is 3.07. The SMILES string of the molecule is CNCc1ccc(N/C(=C2\C(=O)Nc3cc(Cl)ccc32)c2cccc(CC(=O)O)c2)cc1. The van der Waals surface area contributed by atoms with E-state index in [0.717, 1.165) is 28.9 Å². The van der Waals surface area contributed by atoms with Crippen molar-refractivity contribution in [2.24, 2.45) is 0 Å². The molecule has 4 N–H and O–H groups in total. The lowest BCUT2D eigenvalue weighted by atomic mass is 9.98. The molecule has 4 rings (SSSR count). The third-order valence-electron chi connectivity index (χ3n) is 5.15. The molecular formula is C25H22ClN3O3. The van der Waals surface area contributed by atoms with Crippen molar-refractivity contribution in [3.05, 3.63) is 94.0 Å². The van der Waals surface area contributed by atoms with E-state index in [4.69, 9.17) is 11.6 Å². The molecule has 1 aliphatic rings. The highest BCUT2D eigenvalue weighted by atomic mass is 35.5. The van der Waals surface area contributed by atoms with Crippen molar-refractivity contribution in [2.75, 3.05) is 17.7 Å². The maximum Gasteiger partial charge on any atom is 0.307 e. The highest BCUT2D eigenvalue weighted by Gasteiger charge is 2.28. The molecule has 32 heavy (non-hydrogen) atoms. The van der Waals surface area contributed by atoms with E-state index < -0.39 is 5.97 Å². The van der Waals surface area contributed by atoms with Gasteiger partial charge < -0.3 is 21.1 Å². The van der Waals surface area contributed by atoms with Crippen molar-refractivity contribution in [3.8, 4) is 0 Å². The number of halogens is 1. The minimum Gasteiger partial charge on any atom is -0.481 e. The Morgan fingerprint density at radius 2 is 1.81 bits per heavy atom. The lowest BCUT2D eigenvalue weighted by molar-refractivity contribution is -0.136. The van der Waals surface area contributed by atoms with E-state index in [1.54, 1.807) is 30.3 Å². The zero-order valence-electron chi connectivity index (χ0n) is 17.4. The number of hydrogen-bond acceptors (Lipinski definition) is 4. The van der Waals surface area contributed by atoms with Gasteiger partial charge in [-0.1, -0.05) is 48.0 Å². The molecule has 0 bridgehead atoms. The van der Waals surface area contributed by atoms with Crippen molar-refractivity contribution < 1.29 is 14.7 Å². The molecule has 0 atom stereocenters. The summed E-state index contributed by atoms with van der Waals surface area (Å²) in [5.41, 5.74) is 5.76. The molecule has 0 unspecified atom stereocenters. The van der Waals surface area contributed by atoms with Gasteiger partial charge >= 0.3 is 5.97 Å². The zero-order chi connectivity index (χ0) is 22.7. The van der Waals surface area contributed by atoms with Crippen LogP contribution in [0.1, 0.15) is 22.3 Å². The summed E-state index contributed by atoms with van der Waals surface area (Å²) in [6.45, 7) is 0.752. The Labute approximate surface area is 190 Å². The van der Waals surface area contributed by atoms with Crippen molar-refractivity contribution >= 4 is 46.1 Å². The molecule has 1 amide bonds. The number of hydrogen-bond donors (Lipinski definition) is 4. The highest BCUT2D eigenvalue weighted by Crippen LogP contribution is 2.39. The molecule has 0 saturated carbocycles. The Morgan fingerprint density at radius 3 is 2.53 bits per heavy atom. The molecule has 0 aromatic heterocycles. The molecule has 0 radical (unpaired) electrons. The molecule has 1 aliphatic heterocycles. The average molecular weight is 448 g/mol. The molecule has 0 spiro atoms. The summed E-state index contributed by atoms with van der Waals surface area (Å²) in [6, 6.07) is 20.4. The number of amides is 1. The van der Waals surface area contributed by atoms with Crippen LogP contribution >= 0.6 is 11.6 Å². The summed E-state index contributed by atoms with van der Waals surface area (Å²) in [5.74, 6) is -1.16. The highest BCUT2D eigenvalue weighted by molar-refractivity contribution is 6.38. The van der Waals surface area contributed by atoms with Gasteiger partial charge in [-0.05, 0) is 54.1 Å². The summed E-state index contributed by atoms with van der Waals surface area (Å²) >= 11 is 6.11. The molecule has 0 saturated heterocycles. The van der Waals surface area contributed by atoms with E-state index in [1.165, 1.54) is 0 Å². The number of anilines is 2. The smallest absolute Gasteiger partial charge is 0.307 e. The van der Waals surface area contributed by atoms with Gasteiger partial charge in [0.15, 0.2) is 0 Å². The van der Waals surface area contributed by atoms with Crippen LogP contribution in [0.3, 0.4) is 0 Å². The predicted octanol–water partition coefficient (Wildman–Crippen LogP) is 4.62. The number of carboxylic acid groups (broad SMARTS) is 1. The Kier molecular flexibility index (Phi) is 6.25. The first kappa shape index (κ1) is 21.6. The molecule has 1 heterocycles. The summed E-state index contributed by atoms with van der Waals surface area (Å²) in [6.07, 6.45) is -0.104. The quantitative estimate of drug-likeness (QED) is 0.397. The van der Waals surface area contributed by atoms with Gasteiger partial charge in [0.05, 0.1) is 23.4 Å². The van der Waals surface area contributed by atoms with Crippen molar-refractivity contribution in [1.29, 1.82) is 0 Å². The first-order chi connectivity index (χ1) is 15.4. The van der Waals surface area contributed by atoms with Crippen LogP contribution in [0.4, 0.5) is 11.4 Å². The van der Waals surface area contributed by atoms with Gasteiger partial charge in [-0.2, -0.15) is 0 Å². The maximum absolute atomic E-state index is 13.0. The monoisotopic (exact) mass is 447 g/mol. The molecule has 162 valence electrons. The third kappa shape index (κ3) is 4.66. The minimum absolute atomic E-state index is 0.104. The van der Waals surface area contributed by atoms with Gasteiger partial charge in [0.2, 0.25) is 0 Å². The maximum atomic E-state index is 13.0. The normalized spacial score (nSPS) is 14.0. The molecule has 6 nitrogen and oxygen atoms in total. The number of nitrogens with one attached hydrogen (secondary N) is 3. The summed E-state index contributed by atoms with van der Waals surface area (Å²) < 4.78 is 0. The largest absolute Gasteiger partial charge is 0.481 e. The number of aliphatic carboxylic acids is 1. The molecule has 0 aliphatic carbocycles. The van der Waals surface area contributed by atoms with Crippen LogP contribution in [0.5, 0.6) is 0 Å². The van der Waals surface area contributed by atoms with Crippen LogP contribution in [0, 0.1) is 0 Å². The Bertz CT molecular complexity index is 1220. The lowest BCUT2D eigenvalue weighted by Gasteiger charge is -2.16. The summed E-state index contributed by atoms with van der Waals surface area (Å²) in [7, 11) is 1.89. The first-order valence-electron chi connectivity index (χ1n) is 10.1. The second-order valence-electron chi connectivity index (χ2n) is 7.52. The van der Waals surface area contributed by atoms with Gasteiger partial charge in [-0.15, -0.1) is 0 Å². The van der Waals surface area contributed by atoms with E-state index >= 15 is 0 Å². The number of carbonyl (C=O) groups is 2. The second-order valence-corrected chi connectivity index (χ2v) is 7.95. The van der Waals surface area contributed by atoms with E-state index in [0.29, 0.717) is 27.5 Å². The topological polar surface area (TPSA) is 90.5 Å². The van der Waals surface area contributed by atoms with Crippen LogP contribution in [-0.2, 0) is 22.6 Å². The van der Waals surface area contributed by atoms with Crippen LogP contribution in [0.2, 0.25) is 5.02 Å². The predicted molar refractivity (Wildman–Crippen MR) is 128 cm³/mol. The van der Waals surface area contributed by atoms with Gasteiger partial charge in [0.25, 0.3) is 5.91 Å². The van der Waals surface area contributed by atoms with E-state index in [1.807, 2.05) is 43.4 Å². The van der Waals surface area contributed by atoms with Gasteiger partial charge in [0, 0.05) is 22.8 Å². The Hall–Kier alpha value is -3.61. The number of fused-ring (bicyclic) bond motifs is 1. The number of benzene rings is 3. The fourth-order valence-electron chi connectivity index (χ4n) is 3.74. The van der Waals surface area contributed by atoms with E-state index in [2.05, 4.69) is 16.0 Å². The van der Waals surface area contributed by atoms with Crippen molar-refractivity contribution in [3.63, 3.8) is 0 Å². The first-order valence-corrected chi connectivity index (χ1v) is 10.5. The molecule has 3 aromatic carbocycles. The van der Waals surface area contributed by atoms with Crippen LogP contribution in [-0.4, -0.2) is 24.0 Å². The lowest BCUT2D eigenvalue weighted by Crippen LogP contribution is -2.11. The molecular weight excluding hydrogens is 426 g/mol. The van der Waals surface area contributed by atoms with Crippen LogP contribution < -0.4 is 16.0 Å². The Morgan fingerprint density at radius 1 is 1.03 bits per heavy atom. The summed E-state index contributed by atoms with van der Waals surface area (Å²) in [5, 5.41) is 19.1. The molecule has 7 heteroatoms. The second kappa shape index (κ2) is 9.26. The van der Waals surface area contributed by atoms with Gasteiger partial charge in [-0.3, -0.25) is 9.59 Å². The van der Waals surface area contributed by atoms with E-state index in [-0.39, 0.29) is 12.3 Å². The van der Waals surface area contributed by atoms with Crippen LogP contribution in [0.25, 0.3) is 11.3 Å². The Balaban J connectivity index is 1.83. The number of carboxylic acids is 1. The fraction of sp³-hybridized carbons (Fsp3) is 0.120. The fourth-order valence-corrected chi connectivity index (χ4v) is 3.91. The minimum atomic E-state index is -0.914. The zero-order valence-corrected chi connectivity index (χ0v) is 18.2. The number of rotatable bonds is 7. The standard InChI is InChI=1S/C25H22ClN3O3/c1-27-14-15-5-8-19(9-6-15)28-24(17-4-2-3-16(11-17)12-22(30)31)23-20-10-7-18(26)13-21(20)29-25(23)32/h2-11,13,27-28H,12,14H2,1H3,(H,29,32)(H,30,31)/b24-23-. The van der Waals surface area contributed by atoms with E-state index in [9.17, 15) is 14.7 Å². The molecule has 3 aromatic rings. The van der Waals surface area contributed by atoms with Gasteiger partial charge in [0.1, 0.15) is 0 Å².